The Morgan fingerprint density at radius 2 is 1.88 bits per heavy atom. The van der Waals surface area contributed by atoms with Gasteiger partial charge in [-0.2, -0.15) is 13.2 Å². The minimum atomic E-state index is -4.39. The minimum Gasteiger partial charge on any atom is -0.484 e. The number of ether oxygens (including phenoxy) is 1. The summed E-state index contributed by atoms with van der Waals surface area (Å²) in [6, 6.07) is 20.1. The highest BCUT2D eigenvalue weighted by Gasteiger charge is 2.28. The second-order valence-electron chi connectivity index (χ2n) is 7.35. The van der Waals surface area contributed by atoms with Crippen LogP contribution < -0.4 is 20.7 Å². The molecule has 6 nitrogen and oxygen atoms in total. The third-order valence-electron chi connectivity index (χ3n) is 5.00. The number of anilines is 2. The quantitative estimate of drug-likeness (QED) is 0.454. The van der Waals surface area contributed by atoms with Crippen LogP contribution in [0.25, 0.3) is 22.2 Å². The van der Waals surface area contributed by atoms with Crippen LogP contribution in [-0.2, 0) is 6.54 Å². The number of alkyl halides is 3. The standard InChI is InChI=1S/C23H18F3N5O/c24-23(25,26)14-32-18-5-1-3-17(12-18)20-8-9-21-22(28-20)31(30-29-21)13-15-6-7-19-16(11-15)4-2-10-27-19/h1-12,29-30H,13-14H2. The van der Waals surface area contributed by atoms with E-state index in [-0.39, 0.29) is 5.75 Å². The molecule has 0 saturated carbocycles. The molecule has 4 aromatic rings. The summed E-state index contributed by atoms with van der Waals surface area (Å²) in [5.74, 6) is 0.829. The zero-order chi connectivity index (χ0) is 22.1. The van der Waals surface area contributed by atoms with Crippen molar-refractivity contribution in [3.8, 4) is 17.0 Å². The van der Waals surface area contributed by atoms with Crippen molar-refractivity contribution in [2.24, 2.45) is 0 Å². The van der Waals surface area contributed by atoms with Gasteiger partial charge in [-0.05, 0) is 48.0 Å². The van der Waals surface area contributed by atoms with E-state index < -0.39 is 12.8 Å². The maximum absolute atomic E-state index is 12.5. The van der Waals surface area contributed by atoms with Gasteiger partial charge in [-0.1, -0.05) is 24.3 Å². The van der Waals surface area contributed by atoms with Crippen LogP contribution in [0.2, 0.25) is 0 Å². The molecule has 32 heavy (non-hydrogen) atoms. The van der Waals surface area contributed by atoms with Gasteiger partial charge in [0.1, 0.15) is 5.75 Å². The van der Waals surface area contributed by atoms with E-state index in [4.69, 9.17) is 9.72 Å². The largest absolute Gasteiger partial charge is 0.484 e. The fourth-order valence-corrected chi connectivity index (χ4v) is 3.52. The lowest BCUT2D eigenvalue weighted by Crippen LogP contribution is -2.35. The topological polar surface area (TPSA) is 62.3 Å². The summed E-state index contributed by atoms with van der Waals surface area (Å²) in [5, 5.41) is 2.93. The van der Waals surface area contributed by atoms with E-state index in [1.807, 2.05) is 41.4 Å². The molecule has 0 unspecified atom stereocenters. The second kappa shape index (κ2) is 8.01. The summed E-state index contributed by atoms with van der Waals surface area (Å²) in [6.45, 7) is -0.785. The van der Waals surface area contributed by atoms with Crippen molar-refractivity contribution in [3.63, 3.8) is 0 Å². The number of rotatable bonds is 5. The molecule has 0 fully saturated rings. The SMILES string of the molecule is FC(F)(F)COc1cccc(-c2ccc3c(n2)N(Cc2ccc4ncccc4c2)NN3)c1. The Balaban J connectivity index is 1.39. The lowest BCUT2D eigenvalue weighted by Gasteiger charge is -2.18. The average molecular weight is 437 g/mol. The summed E-state index contributed by atoms with van der Waals surface area (Å²) < 4.78 is 42.3. The number of hydrogen-bond acceptors (Lipinski definition) is 6. The van der Waals surface area contributed by atoms with Crippen LogP contribution >= 0.6 is 0 Å². The van der Waals surface area contributed by atoms with Crippen LogP contribution in [0.5, 0.6) is 5.75 Å². The molecule has 162 valence electrons. The molecule has 2 aromatic carbocycles. The molecule has 0 atom stereocenters. The number of pyridine rings is 2. The molecule has 9 heteroatoms. The number of nitrogens with zero attached hydrogens (tertiary/aromatic N) is 3. The van der Waals surface area contributed by atoms with E-state index in [0.29, 0.717) is 23.6 Å². The summed E-state index contributed by atoms with van der Waals surface area (Å²) in [4.78, 5) is 9.07. The van der Waals surface area contributed by atoms with Crippen molar-refractivity contribution in [1.29, 1.82) is 0 Å². The lowest BCUT2D eigenvalue weighted by molar-refractivity contribution is -0.153. The summed E-state index contributed by atoms with van der Waals surface area (Å²) in [5.41, 5.74) is 10.3. The number of nitrogens with one attached hydrogen (secondary N) is 2. The van der Waals surface area contributed by atoms with E-state index >= 15 is 0 Å². The number of benzene rings is 2. The van der Waals surface area contributed by atoms with Crippen molar-refractivity contribution in [1.82, 2.24) is 15.5 Å². The predicted molar refractivity (Wildman–Crippen MR) is 116 cm³/mol. The molecule has 0 aliphatic carbocycles. The van der Waals surface area contributed by atoms with Gasteiger partial charge in [0.05, 0.1) is 23.4 Å². The van der Waals surface area contributed by atoms with Crippen LogP contribution in [0.15, 0.2) is 72.9 Å². The highest BCUT2D eigenvalue weighted by molar-refractivity contribution is 5.79. The van der Waals surface area contributed by atoms with Gasteiger partial charge in [0.2, 0.25) is 0 Å². The lowest BCUT2D eigenvalue weighted by atomic mass is 10.1. The van der Waals surface area contributed by atoms with Crippen molar-refractivity contribution in [2.45, 2.75) is 12.7 Å². The summed E-state index contributed by atoms with van der Waals surface area (Å²) in [7, 11) is 0. The normalized spacial score (nSPS) is 13.2. The van der Waals surface area contributed by atoms with E-state index in [9.17, 15) is 13.2 Å². The average Bonchev–Trinajstić information content (AvgIpc) is 3.19. The molecule has 0 bridgehead atoms. The fourth-order valence-electron chi connectivity index (χ4n) is 3.52. The third-order valence-corrected chi connectivity index (χ3v) is 5.00. The first kappa shape index (κ1) is 20.1. The molecule has 2 N–H and O–H groups in total. The van der Waals surface area contributed by atoms with Crippen molar-refractivity contribution in [2.75, 3.05) is 17.0 Å². The number of aromatic nitrogens is 2. The van der Waals surface area contributed by atoms with Crippen LogP contribution in [-0.4, -0.2) is 22.8 Å². The van der Waals surface area contributed by atoms with Crippen molar-refractivity contribution >= 4 is 22.4 Å². The zero-order valence-electron chi connectivity index (χ0n) is 16.7. The first-order valence-corrected chi connectivity index (χ1v) is 9.88. The molecule has 2 aromatic heterocycles. The van der Waals surface area contributed by atoms with E-state index in [1.54, 1.807) is 24.4 Å². The molecule has 1 aliphatic heterocycles. The number of fused-ring (bicyclic) bond motifs is 2. The van der Waals surface area contributed by atoms with Gasteiger partial charge >= 0.3 is 6.18 Å². The monoisotopic (exact) mass is 437 g/mol. The molecule has 1 aliphatic rings. The van der Waals surface area contributed by atoms with Crippen LogP contribution in [0.1, 0.15) is 5.56 Å². The first-order valence-electron chi connectivity index (χ1n) is 9.88. The fraction of sp³-hybridized carbons (Fsp3) is 0.130. The van der Waals surface area contributed by atoms with E-state index in [1.165, 1.54) is 6.07 Å². The Hall–Kier alpha value is -3.85. The predicted octanol–water partition coefficient (Wildman–Crippen LogP) is 5.09. The number of hydrazine groups is 2. The maximum Gasteiger partial charge on any atom is 0.422 e. The summed E-state index contributed by atoms with van der Waals surface area (Å²) in [6.07, 6.45) is -2.63. The van der Waals surface area contributed by atoms with E-state index in [2.05, 4.69) is 22.0 Å². The molecular weight excluding hydrogens is 419 g/mol. The molecule has 5 rings (SSSR count). The maximum atomic E-state index is 12.5. The molecule has 3 heterocycles. The van der Waals surface area contributed by atoms with E-state index in [0.717, 1.165) is 22.2 Å². The summed E-state index contributed by atoms with van der Waals surface area (Å²) >= 11 is 0. The third kappa shape index (κ3) is 4.28. The van der Waals surface area contributed by atoms with Gasteiger partial charge in [-0.15, -0.1) is 5.53 Å². The molecular formula is C23H18F3N5O. The molecule has 0 saturated heterocycles. The van der Waals surface area contributed by atoms with Gasteiger partial charge < -0.3 is 10.2 Å². The zero-order valence-corrected chi connectivity index (χ0v) is 16.7. The highest BCUT2D eigenvalue weighted by atomic mass is 19.4. The molecule has 0 radical (unpaired) electrons. The van der Waals surface area contributed by atoms with Gasteiger partial charge in [0.25, 0.3) is 0 Å². The van der Waals surface area contributed by atoms with Crippen LogP contribution in [0.3, 0.4) is 0 Å². The Bertz CT molecular complexity index is 1280. The first-order chi connectivity index (χ1) is 15.4. The van der Waals surface area contributed by atoms with Gasteiger partial charge in [-0.25, -0.2) is 4.98 Å². The Morgan fingerprint density at radius 1 is 0.969 bits per heavy atom. The smallest absolute Gasteiger partial charge is 0.422 e. The number of hydrogen-bond donors (Lipinski definition) is 2. The molecule has 0 amide bonds. The van der Waals surface area contributed by atoms with Crippen molar-refractivity contribution in [3.05, 3.63) is 78.5 Å². The van der Waals surface area contributed by atoms with Crippen LogP contribution in [0.4, 0.5) is 24.7 Å². The van der Waals surface area contributed by atoms with Gasteiger partial charge in [0.15, 0.2) is 12.4 Å². The number of halogens is 3. The molecule has 0 spiro atoms. The Labute approximate surface area is 181 Å². The Kier molecular flexibility index (Phi) is 5.02. The highest BCUT2D eigenvalue weighted by Crippen LogP contribution is 2.32. The van der Waals surface area contributed by atoms with Crippen molar-refractivity contribution < 1.29 is 17.9 Å². The minimum absolute atomic E-state index is 0.139. The van der Waals surface area contributed by atoms with Crippen LogP contribution in [0, 0.1) is 0 Å². The van der Waals surface area contributed by atoms with Gasteiger partial charge in [-0.3, -0.25) is 9.99 Å². The Morgan fingerprint density at radius 3 is 2.75 bits per heavy atom. The van der Waals surface area contributed by atoms with Gasteiger partial charge in [0, 0.05) is 17.1 Å². The second-order valence-corrected chi connectivity index (χ2v) is 7.35.